The lowest BCUT2D eigenvalue weighted by Crippen LogP contribution is -2.13. The van der Waals surface area contributed by atoms with Crippen LogP contribution in [0, 0.1) is 0 Å². The van der Waals surface area contributed by atoms with Crippen LogP contribution >= 0.6 is 15.9 Å². The van der Waals surface area contributed by atoms with E-state index < -0.39 is 0 Å². The summed E-state index contributed by atoms with van der Waals surface area (Å²) >= 11 is 3.38. The van der Waals surface area contributed by atoms with E-state index in [1.54, 1.807) is 7.11 Å². The van der Waals surface area contributed by atoms with Crippen molar-refractivity contribution in [2.75, 3.05) is 27.7 Å². The summed E-state index contributed by atoms with van der Waals surface area (Å²) in [6.45, 7) is 1.09. The zero-order chi connectivity index (χ0) is 11.3. The zero-order valence-electron chi connectivity index (χ0n) is 9.46. The molecule has 0 fully saturated rings. The maximum absolute atomic E-state index is 5.13. The van der Waals surface area contributed by atoms with Gasteiger partial charge in [-0.15, -0.1) is 0 Å². The number of aromatic nitrogens is 1. The number of halogens is 1. The Morgan fingerprint density at radius 3 is 2.67 bits per heavy atom. The van der Waals surface area contributed by atoms with Crippen molar-refractivity contribution in [2.24, 2.45) is 0 Å². The van der Waals surface area contributed by atoms with Crippen LogP contribution in [0.1, 0.15) is 12.1 Å². The minimum atomic E-state index is 0.784. The Kier molecular flexibility index (Phi) is 5.05. The molecular weight excluding hydrogens is 256 g/mol. The van der Waals surface area contributed by atoms with E-state index in [9.17, 15) is 0 Å². The summed E-state index contributed by atoms with van der Waals surface area (Å²) in [7, 11) is 5.81. The fraction of sp³-hybridized carbons (Fsp3) is 0.545. The Labute approximate surface area is 99.6 Å². The molecule has 0 bridgehead atoms. The maximum Gasteiger partial charge on any atom is 0.151 e. The van der Waals surface area contributed by atoms with Gasteiger partial charge in [0.2, 0.25) is 0 Å². The van der Waals surface area contributed by atoms with Crippen molar-refractivity contribution in [1.82, 2.24) is 9.88 Å². The zero-order valence-corrected chi connectivity index (χ0v) is 11.0. The standard InChI is InChI=1S/C11H17BrN2O/c1-14(2)8-4-5-9-6-7-10(15-3)11(12)13-9/h6-7H,4-5,8H2,1-3H3. The monoisotopic (exact) mass is 272 g/mol. The molecule has 0 N–H and O–H groups in total. The lowest BCUT2D eigenvalue weighted by Gasteiger charge is -2.09. The van der Waals surface area contributed by atoms with E-state index in [0.29, 0.717) is 0 Å². The predicted octanol–water partition coefficient (Wildman–Crippen LogP) is 2.35. The quantitative estimate of drug-likeness (QED) is 0.770. The van der Waals surface area contributed by atoms with Crippen LogP contribution in [0.2, 0.25) is 0 Å². The van der Waals surface area contributed by atoms with E-state index in [1.165, 1.54) is 0 Å². The number of hydrogen-bond donors (Lipinski definition) is 0. The Morgan fingerprint density at radius 1 is 1.40 bits per heavy atom. The number of aryl methyl sites for hydroxylation is 1. The summed E-state index contributed by atoms with van der Waals surface area (Å²) in [6.07, 6.45) is 2.12. The SMILES string of the molecule is COc1ccc(CCCN(C)C)nc1Br. The van der Waals surface area contributed by atoms with Crippen LogP contribution in [-0.4, -0.2) is 37.6 Å². The summed E-state index contributed by atoms with van der Waals surface area (Å²) in [5.41, 5.74) is 1.10. The molecule has 0 aliphatic carbocycles. The van der Waals surface area contributed by atoms with Crippen LogP contribution < -0.4 is 4.74 Å². The number of ether oxygens (including phenoxy) is 1. The van der Waals surface area contributed by atoms with Crippen LogP contribution in [0.25, 0.3) is 0 Å². The third-order valence-corrected chi connectivity index (χ3v) is 2.70. The van der Waals surface area contributed by atoms with Crippen LogP contribution in [0.5, 0.6) is 5.75 Å². The molecule has 1 rings (SSSR count). The van der Waals surface area contributed by atoms with Gasteiger partial charge in [0.05, 0.1) is 7.11 Å². The summed E-state index contributed by atoms with van der Waals surface area (Å²) in [5.74, 6) is 0.784. The van der Waals surface area contributed by atoms with Crippen molar-refractivity contribution in [3.05, 3.63) is 22.4 Å². The summed E-state index contributed by atoms with van der Waals surface area (Å²) < 4.78 is 5.91. The molecule has 1 heterocycles. The first-order valence-electron chi connectivity index (χ1n) is 4.97. The second-order valence-electron chi connectivity index (χ2n) is 3.70. The largest absolute Gasteiger partial charge is 0.494 e. The molecule has 0 aliphatic heterocycles. The van der Waals surface area contributed by atoms with E-state index in [1.807, 2.05) is 12.1 Å². The number of hydrogen-bond acceptors (Lipinski definition) is 3. The van der Waals surface area contributed by atoms with E-state index in [0.717, 1.165) is 35.4 Å². The smallest absolute Gasteiger partial charge is 0.151 e. The molecule has 0 aromatic carbocycles. The molecule has 0 radical (unpaired) electrons. The predicted molar refractivity (Wildman–Crippen MR) is 65.4 cm³/mol. The number of nitrogens with zero attached hydrogens (tertiary/aromatic N) is 2. The minimum absolute atomic E-state index is 0.784. The summed E-state index contributed by atoms with van der Waals surface area (Å²) in [6, 6.07) is 3.96. The highest BCUT2D eigenvalue weighted by atomic mass is 79.9. The van der Waals surface area contributed by atoms with E-state index >= 15 is 0 Å². The summed E-state index contributed by atoms with van der Waals surface area (Å²) in [5, 5.41) is 0. The normalized spacial score (nSPS) is 10.7. The average Bonchev–Trinajstić information content (AvgIpc) is 2.17. The summed E-state index contributed by atoms with van der Waals surface area (Å²) in [4.78, 5) is 6.59. The van der Waals surface area contributed by atoms with Gasteiger partial charge in [-0.25, -0.2) is 4.98 Å². The van der Waals surface area contributed by atoms with Gasteiger partial charge in [0, 0.05) is 5.69 Å². The van der Waals surface area contributed by atoms with Crippen molar-refractivity contribution in [3.63, 3.8) is 0 Å². The molecular formula is C11H17BrN2O. The van der Waals surface area contributed by atoms with Gasteiger partial charge in [0.25, 0.3) is 0 Å². The molecule has 0 amide bonds. The molecule has 15 heavy (non-hydrogen) atoms. The first kappa shape index (κ1) is 12.5. The van der Waals surface area contributed by atoms with Crippen molar-refractivity contribution in [2.45, 2.75) is 12.8 Å². The molecule has 0 spiro atoms. The highest BCUT2D eigenvalue weighted by molar-refractivity contribution is 9.10. The lowest BCUT2D eigenvalue weighted by atomic mass is 10.2. The van der Waals surface area contributed by atoms with Crippen molar-refractivity contribution < 1.29 is 4.74 Å². The highest BCUT2D eigenvalue weighted by Gasteiger charge is 2.03. The van der Waals surface area contributed by atoms with Crippen LogP contribution in [0.15, 0.2) is 16.7 Å². The molecule has 4 heteroatoms. The Bertz CT molecular complexity index is 315. The third-order valence-electron chi connectivity index (χ3n) is 2.13. The minimum Gasteiger partial charge on any atom is -0.494 e. The molecule has 0 saturated heterocycles. The topological polar surface area (TPSA) is 25.4 Å². The van der Waals surface area contributed by atoms with E-state index in [2.05, 4.69) is 39.9 Å². The number of methoxy groups -OCH3 is 1. The van der Waals surface area contributed by atoms with Gasteiger partial charge >= 0.3 is 0 Å². The fourth-order valence-electron chi connectivity index (χ4n) is 1.33. The third kappa shape index (κ3) is 4.18. The Hall–Kier alpha value is -0.610. The molecule has 0 saturated carbocycles. The Morgan fingerprint density at radius 2 is 2.13 bits per heavy atom. The molecule has 0 unspecified atom stereocenters. The molecule has 3 nitrogen and oxygen atoms in total. The van der Waals surface area contributed by atoms with Gasteiger partial charge < -0.3 is 9.64 Å². The van der Waals surface area contributed by atoms with Gasteiger partial charge in [-0.05, 0) is 61.5 Å². The molecule has 1 aromatic heterocycles. The lowest BCUT2D eigenvalue weighted by molar-refractivity contribution is 0.398. The van der Waals surface area contributed by atoms with Gasteiger partial charge in [-0.3, -0.25) is 0 Å². The Balaban J connectivity index is 2.52. The molecule has 0 atom stereocenters. The number of rotatable bonds is 5. The fourth-order valence-corrected chi connectivity index (χ4v) is 1.85. The first-order chi connectivity index (χ1) is 7.13. The number of pyridine rings is 1. The van der Waals surface area contributed by atoms with Gasteiger partial charge in [-0.1, -0.05) is 0 Å². The van der Waals surface area contributed by atoms with Gasteiger partial charge in [-0.2, -0.15) is 0 Å². The van der Waals surface area contributed by atoms with E-state index in [-0.39, 0.29) is 0 Å². The second kappa shape index (κ2) is 6.08. The van der Waals surface area contributed by atoms with Crippen LogP contribution in [-0.2, 0) is 6.42 Å². The maximum atomic E-state index is 5.13. The molecule has 84 valence electrons. The van der Waals surface area contributed by atoms with Gasteiger partial charge in [0.15, 0.2) is 5.75 Å². The van der Waals surface area contributed by atoms with Crippen molar-refractivity contribution >= 4 is 15.9 Å². The van der Waals surface area contributed by atoms with Crippen LogP contribution in [0.3, 0.4) is 0 Å². The first-order valence-corrected chi connectivity index (χ1v) is 5.77. The second-order valence-corrected chi connectivity index (χ2v) is 4.45. The van der Waals surface area contributed by atoms with Gasteiger partial charge in [0.1, 0.15) is 4.60 Å². The average molecular weight is 273 g/mol. The molecule has 0 aliphatic rings. The van der Waals surface area contributed by atoms with Crippen molar-refractivity contribution in [1.29, 1.82) is 0 Å². The van der Waals surface area contributed by atoms with E-state index in [4.69, 9.17) is 4.74 Å². The van der Waals surface area contributed by atoms with Crippen molar-refractivity contribution in [3.8, 4) is 5.75 Å². The van der Waals surface area contributed by atoms with Crippen LogP contribution in [0.4, 0.5) is 0 Å². The molecule has 1 aromatic rings. The highest BCUT2D eigenvalue weighted by Crippen LogP contribution is 2.22.